The third-order valence-electron chi connectivity index (χ3n) is 4.94. The summed E-state index contributed by atoms with van der Waals surface area (Å²) in [6, 6.07) is 6.41. The zero-order valence-electron chi connectivity index (χ0n) is 14.8. The number of aromatic nitrogens is 1. The average molecular weight is 350 g/mol. The summed E-state index contributed by atoms with van der Waals surface area (Å²) in [4.78, 5) is 5.81. The van der Waals surface area contributed by atoms with Crippen molar-refractivity contribution >= 4 is 21.1 Å². The summed E-state index contributed by atoms with van der Waals surface area (Å²) in [6.45, 7) is 7.67. The molecule has 0 radical (unpaired) electrons. The maximum absolute atomic E-state index is 12.2. The van der Waals surface area contributed by atoms with Crippen molar-refractivity contribution in [2.24, 2.45) is 0 Å². The van der Waals surface area contributed by atoms with Crippen molar-refractivity contribution in [1.29, 1.82) is 0 Å². The third-order valence-corrected chi connectivity index (χ3v) is 6.88. The van der Waals surface area contributed by atoms with Gasteiger partial charge < -0.3 is 4.98 Å². The third kappa shape index (κ3) is 3.09. The maximum Gasteiger partial charge on any atom is 0.281 e. The normalized spacial score (nSPS) is 17.9. The van der Waals surface area contributed by atoms with Gasteiger partial charge in [0.15, 0.2) is 0 Å². The monoisotopic (exact) mass is 350 g/mol. The molecule has 0 unspecified atom stereocenters. The molecule has 1 fully saturated rings. The fourth-order valence-corrected chi connectivity index (χ4v) is 4.35. The Morgan fingerprint density at radius 1 is 1.12 bits per heavy atom. The first-order chi connectivity index (χ1) is 11.3. The van der Waals surface area contributed by atoms with Gasteiger partial charge in [0, 0.05) is 57.9 Å². The lowest BCUT2D eigenvalue weighted by Gasteiger charge is -2.35. The van der Waals surface area contributed by atoms with Crippen molar-refractivity contribution in [1.82, 2.24) is 18.5 Å². The van der Waals surface area contributed by atoms with Crippen LogP contribution in [0.1, 0.15) is 16.8 Å². The van der Waals surface area contributed by atoms with Crippen LogP contribution < -0.4 is 0 Å². The van der Waals surface area contributed by atoms with Gasteiger partial charge in [0.2, 0.25) is 0 Å². The number of hydrogen-bond donors (Lipinski definition) is 1. The van der Waals surface area contributed by atoms with Gasteiger partial charge >= 0.3 is 0 Å². The van der Waals surface area contributed by atoms with Crippen LogP contribution in [0, 0.1) is 13.8 Å². The molecule has 7 heteroatoms. The Balaban J connectivity index is 1.72. The summed E-state index contributed by atoms with van der Waals surface area (Å²) in [5.74, 6) is 0. The average Bonchev–Trinajstić information content (AvgIpc) is 2.84. The van der Waals surface area contributed by atoms with Crippen LogP contribution in [0.25, 0.3) is 10.9 Å². The highest BCUT2D eigenvalue weighted by Gasteiger charge is 2.28. The lowest BCUT2D eigenvalue weighted by atomic mass is 10.1. The topological polar surface area (TPSA) is 59.7 Å². The van der Waals surface area contributed by atoms with Gasteiger partial charge in [0.25, 0.3) is 10.2 Å². The van der Waals surface area contributed by atoms with E-state index in [0.717, 1.165) is 19.6 Å². The van der Waals surface area contributed by atoms with Gasteiger partial charge in [0.05, 0.1) is 5.52 Å². The number of fused-ring (bicyclic) bond motifs is 1. The lowest BCUT2D eigenvalue weighted by molar-refractivity contribution is 0.177. The van der Waals surface area contributed by atoms with Gasteiger partial charge in [0.1, 0.15) is 0 Å². The molecule has 0 aliphatic carbocycles. The van der Waals surface area contributed by atoms with Gasteiger partial charge in [-0.05, 0) is 25.0 Å². The molecule has 1 aliphatic heterocycles. The molecule has 1 aromatic heterocycles. The molecule has 0 amide bonds. The maximum atomic E-state index is 12.2. The number of para-hydroxylation sites is 1. The highest BCUT2D eigenvalue weighted by molar-refractivity contribution is 7.86. The van der Waals surface area contributed by atoms with E-state index in [9.17, 15) is 8.42 Å². The van der Waals surface area contributed by atoms with Gasteiger partial charge in [-0.2, -0.15) is 17.0 Å². The van der Waals surface area contributed by atoms with Crippen LogP contribution in [0.4, 0.5) is 0 Å². The molecule has 132 valence electrons. The zero-order chi connectivity index (χ0) is 17.5. The largest absolute Gasteiger partial charge is 0.358 e. The first kappa shape index (κ1) is 17.4. The van der Waals surface area contributed by atoms with E-state index in [-0.39, 0.29) is 0 Å². The summed E-state index contributed by atoms with van der Waals surface area (Å²) in [7, 11) is -0.136. The number of benzene rings is 1. The summed E-state index contributed by atoms with van der Waals surface area (Å²) < 4.78 is 27.2. The van der Waals surface area contributed by atoms with Crippen LogP contribution in [0.2, 0.25) is 0 Å². The molecule has 0 spiro atoms. The van der Waals surface area contributed by atoms with Crippen molar-refractivity contribution < 1.29 is 8.42 Å². The van der Waals surface area contributed by atoms with Crippen LogP contribution in [-0.2, 0) is 16.8 Å². The Bertz CT molecular complexity index is 834. The lowest BCUT2D eigenvalue weighted by Crippen LogP contribution is -2.51. The molecular weight excluding hydrogens is 324 g/mol. The zero-order valence-corrected chi connectivity index (χ0v) is 15.7. The van der Waals surface area contributed by atoms with Crippen LogP contribution in [0.3, 0.4) is 0 Å². The second kappa shape index (κ2) is 6.48. The summed E-state index contributed by atoms with van der Waals surface area (Å²) in [6.07, 6.45) is 0. The molecule has 6 nitrogen and oxygen atoms in total. The molecular formula is C17H26N4O2S. The Hall–Kier alpha value is -1.41. The van der Waals surface area contributed by atoms with E-state index < -0.39 is 10.2 Å². The molecule has 1 aromatic carbocycles. The van der Waals surface area contributed by atoms with Crippen molar-refractivity contribution in [2.75, 3.05) is 40.3 Å². The smallest absolute Gasteiger partial charge is 0.281 e. The first-order valence-electron chi connectivity index (χ1n) is 8.27. The second-order valence-corrected chi connectivity index (χ2v) is 8.82. The Morgan fingerprint density at radius 2 is 1.79 bits per heavy atom. The van der Waals surface area contributed by atoms with Gasteiger partial charge in [-0.25, -0.2) is 0 Å². The van der Waals surface area contributed by atoms with E-state index in [1.165, 1.54) is 32.0 Å². The molecule has 0 bridgehead atoms. The van der Waals surface area contributed by atoms with Crippen LogP contribution in [0.15, 0.2) is 18.2 Å². The predicted octanol–water partition coefficient (Wildman–Crippen LogP) is 1.71. The summed E-state index contributed by atoms with van der Waals surface area (Å²) >= 11 is 0. The molecule has 0 atom stereocenters. The van der Waals surface area contributed by atoms with Crippen LogP contribution >= 0.6 is 0 Å². The minimum Gasteiger partial charge on any atom is -0.358 e. The number of nitrogens with zero attached hydrogens (tertiary/aromatic N) is 3. The number of aromatic amines is 1. The first-order valence-corrected chi connectivity index (χ1v) is 9.67. The summed E-state index contributed by atoms with van der Waals surface area (Å²) in [5, 5.41) is 1.28. The molecule has 3 rings (SSSR count). The van der Waals surface area contributed by atoms with E-state index in [4.69, 9.17) is 0 Å². The molecule has 1 N–H and O–H groups in total. The van der Waals surface area contributed by atoms with Gasteiger partial charge in [-0.15, -0.1) is 0 Å². The number of H-pyrrole nitrogens is 1. The van der Waals surface area contributed by atoms with Crippen LogP contribution in [-0.4, -0.2) is 67.2 Å². The molecule has 1 saturated heterocycles. The fourth-order valence-electron chi connectivity index (χ4n) is 3.27. The minimum atomic E-state index is -3.30. The molecule has 2 heterocycles. The minimum absolute atomic E-state index is 0.541. The van der Waals surface area contributed by atoms with Crippen LogP contribution in [0.5, 0.6) is 0 Å². The van der Waals surface area contributed by atoms with Crippen molar-refractivity contribution in [3.05, 3.63) is 35.0 Å². The van der Waals surface area contributed by atoms with Gasteiger partial charge in [-0.3, -0.25) is 4.90 Å². The molecule has 2 aromatic rings. The van der Waals surface area contributed by atoms with Crippen molar-refractivity contribution in [3.8, 4) is 0 Å². The van der Waals surface area contributed by atoms with E-state index in [0.29, 0.717) is 13.1 Å². The molecule has 0 saturated carbocycles. The fraction of sp³-hybridized carbons (Fsp3) is 0.529. The SMILES string of the molecule is Cc1[nH]c2c(CN3CCN(S(=O)(=O)N(C)C)CC3)cccc2c1C. The van der Waals surface area contributed by atoms with Crippen molar-refractivity contribution in [2.45, 2.75) is 20.4 Å². The van der Waals surface area contributed by atoms with Gasteiger partial charge in [-0.1, -0.05) is 18.2 Å². The number of piperazine rings is 1. The Labute approximate surface area is 144 Å². The number of aryl methyl sites for hydroxylation is 2. The highest BCUT2D eigenvalue weighted by atomic mass is 32.2. The standard InChI is InChI=1S/C17H26N4O2S/c1-13-14(2)18-17-15(6-5-7-16(13)17)12-20-8-10-21(11-9-20)24(22,23)19(3)4/h5-7,18H,8-12H2,1-4H3. The van der Waals surface area contributed by atoms with E-state index in [1.54, 1.807) is 18.4 Å². The van der Waals surface area contributed by atoms with E-state index >= 15 is 0 Å². The number of hydrogen-bond acceptors (Lipinski definition) is 3. The summed E-state index contributed by atoms with van der Waals surface area (Å²) in [5.41, 5.74) is 4.98. The Kier molecular flexibility index (Phi) is 4.70. The molecule has 1 aliphatic rings. The Morgan fingerprint density at radius 3 is 2.42 bits per heavy atom. The molecule has 24 heavy (non-hydrogen) atoms. The van der Waals surface area contributed by atoms with E-state index in [2.05, 4.69) is 41.9 Å². The predicted molar refractivity (Wildman–Crippen MR) is 97.2 cm³/mol. The van der Waals surface area contributed by atoms with E-state index in [1.807, 2.05) is 0 Å². The highest BCUT2D eigenvalue weighted by Crippen LogP contribution is 2.25. The number of nitrogens with one attached hydrogen (secondary N) is 1. The quantitative estimate of drug-likeness (QED) is 0.913. The second-order valence-electron chi connectivity index (χ2n) is 6.68. The van der Waals surface area contributed by atoms with Crippen molar-refractivity contribution in [3.63, 3.8) is 0 Å². The number of rotatable bonds is 4.